The molecule has 0 aliphatic carbocycles. The molecule has 2 rings (SSSR count). The Hall–Kier alpha value is -2.57. The molecule has 20 heavy (non-hydrogen) atoms. The van der Waals surface area contributed by atoms with E-state index in [0.29, 0.717) is 11.8 Å². The minimum atomic E-state index is -0.973. The van der Waals surface area contributed by atoms with E-state index < -0.39 is 17.6 Å². The molecule has 1 N–H and O–H groups in total. The summed E-state index contributed by atoms with van der Waals surface area (Å²) in [7, 11) is 1.12. The second-order valence-corrected chi connectivity index (χ2v) is 3.85. The van der Waals surface area contributed by atoms with Crippen LogP contribution in [0.25, 0.3) is 0 Å². The average Bonchev–Trinajstić information content (AvgIpc) is 2.46. The Labute approximate surface area is 113 Å². The third-order valence-corrected chi connectivity index (χ3v) is 2.54. The highest BCUT2D eigenvalue weighted by atomic mass is 19.1. The van der Waals surface area contributed by atoms with Crippen LogP contribution in [0.5, 0.6) is 0 Å². The number of benzene rings is 1. The molecule has 1 heterocycles. The first-order valence-electron chi connectivity index (χ1n) is 5.68. The van der Waals surface area contributed by atoms with E-state index in [0.717, 1.165) is 13.2 Å². The molecule has 0 unspecified atom stereocenters. The lowest BCUT2D eigenvalue weighted by Crippen LogP contribution is -2.09. The Morgan fingerprint density at radius 1 is 1.30 bits per heavy atom. The molecule has 1 aromatic carbocycles. The van der Waals surface area contributed by atoms with Gasteiger partial charge in [0.15, 0.2) is 0 Å². The molecule has 0 saturated carbocycles. The zero-order valence-corrected chi connectivity index (χ0v) is 10.6. The first kappa shape index (κ1) is 13.9. The molecule has 0 saturated heterocycles. The fraction of sp³-hybridized carbons (Fsp3) is 0.154. The van der Waals surface area contributed by atoms with E-state index in [-0.39, 0.29) is 17.8 Å². The standard InChI is InChI=1S/C13H11F2N3O2/c1-20-13(19)9-4-12(11(15)5-10(9)14)18-7-8-6-16-2-3-17-8/h2-6,18H,7H2,1H3. The number of carbonyl (C=O) groups is 1. The summed E-state index contributed by atoms with van der Waals surface area (Å²) in [5.74, 6) is -2.65. The van der Waals surface area contributed by atoms with Crippen LogP contribution in [0.15, 0.2) is 30.7 Å². The SMILES string of the molecule is COC(=O)c1cc(NCc2cnccn2)c(F)cc1F. The van der Waals surface area contributed by atoms with Crippen LogP contribution in [0.3, 0.4) is 0 Å². The number of hydrogen-bond donors (Lipinski definition) is 1. The Kier molecular flexibility index (Phi) is 4.19. The number of hydrogen-bond acceptors (Lipinski definition) is 5. The molecule has 0 atom stereocenters. The van der Waals surface area contributed by atoms with Gasteiger partial charge in [-0.3, -0.25) is 9.97 Å². The lowest BCUT2D eigenvalue weighted by atomic mass is 10.1. The van der Waals surface area contributed by atoms with Crippen molar-refractivity contribution in [2.45, 2.75) is 6.54 Å². The number of nitrogens with one attached hydrogen (secondary N) is 1. The molecule has 2 aromatic rings. The van der Waals surface area contributed by atoms with Gasteiger partial charge in [-0.15, -0.1) is 0 Å². The molecule has 0 aliphatic rings. The smallest absolute Gasteiger partial charge is 0.340 e. The van der Waals surface area contributed by atoms with Crippen molar-refractivity contribution < 1.29 is 18.3 Å². The lowest BCUT2D eigenvalue weighted by molar-refractivity contribution is 0.0595. The van der Waals surface area contributed by atoms with Gasteiger partial charge >= 0.3 is 5.97 Å². The Morgan fingerprint density at radius 2 is 2.10 bits per heavy atom. The largest absolute Gasteiger partial charge is 0.465 e. The van der Waals surface area contributed by atoms with Crippen molar-refractivity contribution in [1.82, 2.24) is 9.97 Å². The summed E-state index contributed by atoms with van der Waals surface area (Å²) in [6, 6.07) is 1.69. The summed E-state index contributed by atoms with van der Waals surface area (Å²) in [4.78, 5) is 19.2. The van der Waals surface area contributed by atoms with Crippen LogP contribution in [0.2, 0.25) is 0 Å². The van der Waals surface area contributed by atoms with Gasteiger partial charge in [-0.2, -0.15) is 0 Å². The molecule has 0 bridgehead atoms. The normalized spacial score (nSPS) is 10.2. The van der Waals surface area contributed by atoms with Crippen LogP contribution in [-0.4, -0.2) is 23.0 Å². The molecule has 5 nitrogen and oxygen atoms in total. The monoisotopic (exact) mass is 279 g/mol. The maximum atomic E-state index is 13.6. The van der Waals surface area contributed by atoms with Gasteiger partial charge in [0, 0.05) is 18.5 Å². The summed E-state index contributed by atoms with van der Waals surface area (Å²) in [6.45, 7) is 0.191. The number of rotatable bonds is 4. The second kappa shape index (κ2) is 6.05. The maximum absolute atomic E-state index is 13.6. The summed E-state index contributed by atoms with van der Waals surface area (Å²) in [5, 5.41) is 2.72. The van der Waals surface area contributed by atoms with Gasteiger partial charge in [0.05, 0.1) is 36.8 Å². The first-order chi connectivity index (χ1) is 9.61. The average molecular weight is 279 g/mol. The highest BCUT2D eigenvalue weighted by Crippen LogP contribution is 2.20. The van der Waals surface area contributed by atoms with Crippen molar-refractivity contribution in [3.05, 3.63) is 53.6 Å². The third kappa shape index (κ3) is 3.05. The fourth-order valence-electron chi connectivity index (χ4n) is 1.56. The molecule has 0 amide bonds. The number of halogens is 2. The predicted molar refractivity (Wildman–Crippen MR) is 67.1 cm³/mol. The van der Waals surface area contributed by atoms with Crippen molar-refractivity contribution in [2.75, 3.05) is 12.4 Å². The van der Waals surface area contributed by atoms with E-state index in [1.54, 1.807) is 0 Å². The first-order valence-corrected chi connectivity index (χ1v) is 5.68. The van der Waals surface area contributed by atoms with E-state index in [1.165, 1.54) is 18.6 Å². The van der Waals surface area contributed by atoms with Gasteiger partial charge in [0.1, 0.15) is 11.6 Å². The molecule has 1 aromatic heterocycles. The number of methoxy groups -OCH3 is 1. The Morgan fingerprint density at radius 3 is 2.75 bits per heavy atom. The summed E-state index contributed by atoms with van der Waals surface area (Å²) in [6.07, 6.45) is 4.52. The molecule has 0 fully saturated rings. The van der Waals surface area contributed by atoms with Crippen LogP contribution in [-0.2, 0) is 11.3 Å². The Bertz CT molecular complexity index is 621. The fourth-order valence-corrected chi connectivity index (χ4v) is 1.56. The van der Waals surface area contributed by atoms with Crippen LogP contribution >= 0.6 is 0 Å². The van der Waals surface area contributed by atoms with Crippen molar-refractivity contribution >= 4 is 11.7 Å². The van der Waals surface area contributed by atoms with E-state index in [9.17, 15) is 13.6 Å². The highest BCUT2D eigenvalue weighted by Gasteiger charge is 2.16. The van der Waals surface area contributed by atoms with Crippen LogP contribution in [0.1, 0.15) is 16.1 Å². The minimum Gasteiger partial charge on any atom is -0.465 e. The van der Waals surface area contributed by atoms with E-state index >= 15 is 0 Å². The predicted octanol–water partition coefficient (Wildman–Crippen LogP) is 2.15. The maximum Gasteiger partial charge on any atom is 0.340 e. The summed E-state index contributed by atoms with van der Waals surface area (Å²) in [5.41, 5.74) is 0.226. The number of ether oxygens (including phenoxy) is 1. The van der Waals surface area contributed by atoms with Crippen LogP contribution in [0.4, 0.5) is 14.5 Å². The molecule has 0 radical (unpaired) electrons. The minimum absolute atomic E-state index is 0.0162. The zero-order chi connectivity index (χ0) is 14.5. The third-order valence-electron chi connectivity index (χ3n) is 2.54. The Balaban J connectivity index is 2.21. The van der Waals surface area contributed by atoms with Gasteiger partial charge in [-0.1, -0.05) is 0 Å². The van der Waals surface area contributed by atoms with Crippen LogP contribution < -0.4 is 5.32 Å². The van der Waals surface area contributed by atoms with Crippen molar-refractivity contribution in [1.29, 1.82) is 0 Å². The number of nitrogens with zero attached hydrogens (tertiary/aromatic N) is 2. The zero-order valence-electron chi connectivity index (χ0n) is 10.6. The summed E-state index contributed by atoms with van der Waals surface area (Å²) >= 11 is 0. The molecule has 104 valence electrons. The van der Waals surface area contributed by atoms with E-state index in [4.69, 9.17) is 0 Å². The van der Waals surface area contributed by atoms with Gasteiger partial charge < -0.3 is 10.1 Å². The van der Waals surface area contributed by atoms with Gasteiger partial charge in [0.2, 0.25) is 0 Å². The van der Waals surface area contributed by atoms with Crippen molar-refractivity contribution in [3.63, 3.8) is 0 Å². The number of anilines is 1. The van der Waals surface area contributed by atoms with E-state index in [1.807, 2.05) is 0 Å². The van der Waals surface area contributed by atoms with E-state index in [2.05, 4.69) is 20.0 Å². The van der Waals surface area contributed by atoms with Gasteiger partial charge in [-0.25, -0.2) is 13.6 Å². The van der Waals surface area contributed by atoms with Crippen LogP contribution in [0, 0.1) is 11.6 Å². The topological polar surface area (TPSA) is 64.1 Å². The van der Waals surface area contributed by atoms with Crippen molar-refractivity contribution in [3.8, 4) is 0 Å². The molecule has 7 heteroatoms. The quantitative estimate of drug-likeness (QED) is 0.869. The van der Waals surface area contributed by atoms with Gasteiger partial charge in [0.25, 0.3) is 0 Å². The highest BCUT2D eigenvalue weighted by molar-refractivity contribution is 5.90. The molecule has 0 aliphatic heterocycles. The number of aromatic nitrogens is 2. The lowest BCUT2D eigenvalue weighted by Gasteiger charge is -2.09. The molecular formula is C13H11F2N3O2. The van der Waals surface area contributed by atoms with Gasteiger partial charge in [-0.05, 0) is 6.07 Å². The number of esters is 1. The molecular weight excluding hydrogens is 268 g/mol. The summed E-state index contributed by atoms with van der Waals surface area (Å²) < 4.78 is 31.5. The number of carbonyl (C=O) groups excluding carboxylic acids is 1. The molecule has 0 spiro atoms. The second-order valence-electron chi connectivity index (χ2n) is 3.85. The van der Waals surface area contributed by atoms with Crippen molar-refractivity contribution in [2.24, 2.45) is 0 Å².